The zero-order valence-electron chi connectivity index (χ0n) is 17.8. The number of hydrogen-bond donors (Lipinski definition) is 3. The van der Waals surface area contributed by atoms with Crippen LogP contribution in [0.4, 0.5) is 0 Å². The topological polar surface area (TPSA) is 124 Å². The quantitative estimate of drug-likeness (QED) is 0.250. The van der Waals surface area contributed by atoms with E-state index in [1.54, 1.807) is 30.3 Å². The summed E-state index contributed by atoms with van der Waals surface area (Å²) < 4.78 is 10.4. The molecule has 0 bridgehead atoms. The lowest BCUT2D eigenvalue weighted by molar-refractivity contribution is -0.793. The van der Waals surface area contributed by atoms with Crippen molar-refractivity contribution in [3.63, 3.8) is 0 Å². The minimum atomic E-state index is -0.723. The summed E-state index contributed by atoms with van der Waals surface area (Å²) in [5.74, 6) is 0.200. The molecule has 3 aromatic carbocycles. The summed E-state index contributed by atoms with van der Waals surface area (Å²) >= 11 is 0. The molecular weight excluding hydrogens is 424 g/mol. The Balaban J connectivity index is 1.21. The van der Waals surface area contributed by atoms with Gasteiger partial charge in [-0.25, -0.2) is 0 Å². The highest BCUT2D eigenvalue weighted by molar-refractivity contribution is 5.97. The Labute approximate surface area is 190 Å². The van der Waals surface area contributed by atoms with Crippen LogP contribution in [0.5, 0.6) is 5.75 Å². The van der Waals surface area contributed by atoms with E-state index >= 15 is 0 Å². The van der Waals surface area contributed by atoms with E-state index < -0.39 is 12.0 Å². The van der Waals surface area contributed by atoms with Gasteiger partial charge in [0.25, 0.3) is 0 Å². The van der Waals surface area contributed by atoms with Gasteiger partial charge in [-0.3, -0.25) is 9.42 Å². The molecule has 0 aliphatic carbocycles. The number of aliphatic hydroxyl groups is 1. The minimum absolute atomic E-state index is 0.0575. The van der Waals surface area contributed by atoms with E-state index in [0.717, 1.165) is 16.5 Å². The second-order valence-electron chi connectivity index (χ2n) is 7.40. The van der Waals surface area contributed by atoms with Gasteiger partial charge in [-0.15, -0.1) is 0 Å². The Hall–Kier alpha value is -3.95. The molecule has 0 aliphatic rings. The predicted molar refractivity (Wildman–Crippen MR) is 122 cm³/mol. The number of hydrogen-bond acceptors (Lipinski definition) is 7. The van der Waals surface area contributed by atoms with Gasteiger partial charge in [-0.2, -0.15) is 0 Å². The Morgan fingerprint density at radius 1 is 1.06 bits per heavy atom. The summed E-state index contributed by atoms with van der Waals surface area (Å²) in [6.45, 7) is 1.11. The molecule has 0 fully saturated rings. The third-order valence-electron chi connectivity index (χ3n) is 5.02. The number of benzene rings is 3. The zero-order chi connectivity index (χ0) is 23.0. The summed E-state index contributed by atoms with van der Waals surface area (Å²) in [5, 5.41) is 33.5. The summed E-state index contributed by atoms with van der Waals surface area (Å²) in [6, 6.07) is 22.4. The van der Waals surface area contributed by atoms with Crippen LogP contribution in [0.15, 0.2) is 77.4 Å². The lowest BCUT2D eigenvalue weighted by Gasteiger charge is -2.14. The van der Waals surface area contributed by atoms with Crippen molar-refractivity contribution >= 4 is 16.7 Å². The fraction of sp³-hybridized carbons (Fsp3) is 0.208. The van der Waals surface area contributed by atoms with Crippen LogP contribution in [-0.2, 0) is 0 Å². The van der Waals surface area contributed by atoms with Crippen molar-refractivity contribution in [2.24, 2.45) is 0 Å². The van der Waals surface area contributed by atoms with E-state index in [1.807, 2.05) is 42.5 Å². The summed E-state index contributed by atoms with van der Waals surface area (Å²) in [5.41, 5.74) is 0.508. The van der Waals surface area contributed by atoms with Gasteiger partial charge in [0.15, 0.2) is 0 Å². The van der Waals surface area contributed by atoms with Crippen LogP contribution in [0.2, 0.25) is 0 Å². The van der Waals surface area contributed by atoms with E-state index in [-0.39, 0.29) is 29.4 Å². The van der Waals surface area contributed by atoms with Gasteiger partial charge in [0.05, 0.1) is 5.16 Å². The van der Waals surface area contributed by atoms with E-state index in [2.05, 4.69) is 20.4 Å². The van der Waals surface area contributed by atoms with Crippen molar-refractivity contribution in [3.05, 3.63) is 83.7 Å². The van der Waals surface area contributed by atoms with Gasteiger partial charge < -0.3 is 25.7 Å². The highest BCUT2D eigenvalue weighted by Crippen LogP contribution is 2.25. The Kier molecular flexibility index (Phi) is 7.13. The van der Waals surface area contributed by atoms with Crippen molar-refractivity contribution in [2.45, 2.75) is 6.10 Å². The third-order valence-corrected chi connectivity index (χ3v) is 5.02. The van der Waals surface area contributed by atoms with Gasteiger partial charge in [-0.05, 0) is 16.4 Å². The largest absolute Gasteiger partial charge is 0.490 e. The molecule has 1 unspecified atom stereocenters. The highest BCUT2D eigenvalue weighted by Gasteiger charge is 2.27. The first-order valence-electron chi connectivity index (χ1n) is 10.6. The standard InChI is InChI=1S/C24H24N4O5/c29-19(16-32-21-12-6-10-17-7-4-5-11-20(17)21)15-25-13-14-26-24(30)22-23(28(31)33-27-22)18-8-2-1-3-9-18/h1-12,19,25,29H,13-16H2,(H,26,30). The molecule has 4 aromatic rings. The molecule has 0 aliphatic heterocycles. The summed E-state index contributed by atoms with van der Waals surface area (Å²) in [6.07, 6.45) is -0.723. The fourth-order valence-corrected chi connectivity index (χ4v) is 3.42. The molecule has 0 radical (unpaired) electrons. The molecule has 1 heterocycles. The molecule has 4 rings (SSSR count). The molecule has 9 heteroatoms. The molecule has 1 atom stereocenters. The van der Waals surface area contributed by atoms with Crippen LogP contribution in [0.3, 0.4) is 0 Å². The van der Waals surface area contributed by atoms with Gasteiger partial charge in [0, 0.05) is 30.6 Å². The molecule has 0 saturated carbocycles. The maximum atomic E-state index is 12.4. The number of carbonyl (C=O) groups excluding carboxylic acids is 1. The Bertz CT molecular complexity index is 1210. The third kappa shape index (κ3) is 5.46. The highest BCUT2D eigenvalue weighted by atomic mass is 16.8. The van der Waals surface area contributed by atoms with Crippen molar-refractivity contribution in [1.82, 2.24) is 15.8 Å². The average molecular weight is 448 g/mol. The number of aromatic nitrogens is 2. The number of aliphatic hydroxyl groups excluding tert-OH is 1. The summed E-state index contributed by atoms with van der Waals surface area (Å²) in [4.78, 5) is 12.6. The lowest BCUT2D eigenvalue weighted by Crippen LogP contribution is -2.37. The van der Waals surface area contributed by atoms with Crippen molar-refractivity contribution in [2.75, 3.05) is 26.2 Å². The monoisotopic (exact) mass is 448 g/mol. The first kappa shape index (κ1) is 22.3. The number of carbonyl (C=O) groups is 1. The van der Waals surface area contributed by atoms with Crippen molar-refractivity contribution < 1.29 is 24.2 Å². The average Bonchev–Trinajstić information content (AvgIpc) is 3.24. The molecule has 170 valence electrons. The van der Waals surface area contributed by atoms with Gasteiger partial charge in [0.2, 0.25) is 5.69 Å². The smallest absolute Gasteiger partial charge is 0.313 e. The molecule has 33 heavy (non-hydrogen) atoms. The van der Waals surface area contributed by atoms with Gasteiger partial charge in [-0.1, -0.05) is 66.7 Å². The van der Waals surface area contributed by atoms with Crippen LogP contribution in [0, 0.1) is 5.21 Å². The van der Waals surface area contributed by atoms with Gasteiger partial charge in [0.1, 0.15) is 18.5 Å². The normalized spacial score (nSPS) is 11.9. The molecular formula is C24H24N4O5. The first-order chi connectivity index (χ1) is 16.1. The SMILES string of the molecule is O=C(NCCNCC(O)COc1cccc2ccccc12)c1no[n+]([O-])c1-c1ccccc1. The minimum Gasteiger partial charge on any atom is -0.490 e. The van der Waals surface area contributed by atoms with Gasteiger partial charge >= 0.3 is 11.6 Å². The maximum Gasteiger partial charge on any atom is 0.313 e. The van der Waals surface area contributed by atoms with Crippen LogP contribution >= 0.6 is 0 Å². The van der Waals surface area contributed by atoms with Crippen LogP contribution in [-0.4, -0.2) is 48.5 Å². The second-order valence-corrected chi connectivity index (χ2v) is 7.40. The second kappa shape index (κ2) is 10.6. The summed E-state index contributed by atoms with van der Waals surface area (Å²) in [7, 11) is 0. The number of nitrogens with zero attached hydrogens (tertiary/aromatic N) is 2. The van der Waals surface area contributed by atoms with E-state index in [9.17, 15) is 15.1 Å². The number of ether oxygens (including phenoxy) is 1. The lowest BCUT2D eigenvalue weighted by atomic mass is 10.1. The fourth-order valence-electron chi connectivity index (χ4n) is 3.42. The number of rotatable bonds is 10. The van der Waals surface area contributed by atoms with Crippen molar-refractivity contribution in [3.8, 4) is 17.0 Å². The van der Waals surface area contributed by atoms with Crippen LogP contribution in [0.1, 0.15) is 10.5 Å². The molecule has 9 nitrogen and oxygen atoms in total. The predicted octanol–water partition coefficient (Wildman–Crippen LogP) is 1.89. The molecule has 1 aromatic heterocycles. The number of amides is 1. The first-order valence-corrected chi connectivity index (χ1v) is 10.6. The van der Waals surface area contributed by atoms with E-state index in [0.29, 0.717) is 18.7 Å². The molecule has 3 N–H and O–H groups in total. The molecule has 0 spiro atoms. The molecule has 1 amide bonds. The maximum absolute atomic E-state index is 12.4. The number of fused-ring (bicyclic) bond motifs is 1. The Morgan fingerprint density at radius 2 is 1.82 bits per heavy atom. The Morgan fingerprint density at radius 3 is 2.67 bits per heavy atom. The molecule has 0 saturated heterocycles. The van der Waals surface area contributed by atoms with E-state index in [1.165, 1.54) is 0 Å². The van der Waals surface area contributed by atoms with Crippen LogP contribution in [0.25, 0.3) is 22.0 Å². The van der Waals surface area contributed by atoms with E-state index in [4.69, 9.17) is 4.74 Å². The van der Waals surface area contributed by atoms with Crippen LogP contribution < -0.4 is 20.3 Å². The zero-order valence-corrected chi connectivity index (χ0v) is 17.8. The van der Waals surface area contributed by atoms with Crippen molar-refractivity contribution in [1.29, 1.82) is 0 Å². The number of nitrogens with one attached hydrogen (secondary N) is 2.